The zero-order valence-corrected chi connectivity index (χ0v) is 18.8. The van der Waals surface area contributed by atoms with Crippen LogP contribution in [0.1, 0.15) is 25.3 Å². The van der Waals surface area contributed by atoms with E-state index in [-0.39, 0.29) is 30.0 Å². The maximum atomic E-state index is 12.6. The van der Waals surface area contributed by atoms with Crippen LogP contribution in [0.3, 0.4) is 0 Å². The smallest absolute Gasteiger partial charge is 0.239 e. The quantitative estimate of drug-likeness (QED) is 0.398. The molecule has 0 saturated carbocycles. The second-order valence-electron chi connectivity index (χ2n) is 6.76. The van der Waals surface area contributed by atoms with Gasteiger partial charge >= 0.3 is 0 Å². The van der Waals surface area contributed by atoms with Gasteiger partial charge in [-0.25, -0.2) is 0 Å². The summed E-state index contributed by atoms with van der Waals surface area (Å²) in [4.78, 5) is 23.6. The normalized spacial score (nSPS) is 20.0. The van der Waals surface area contributed by atoms with Crippen molar-refractivity contribution in [2.45, 2.75) is 32.4 Å². The molecule has 2 aliphatic rings. The first kappa shape index (κ1) is 21.4. The van der Waals surface area contributed by atoms with Crippen LogP contribution in [-0.2, 0) is 11.3 Å². The van der Waals surface area contributed by atoms with Gasteiger partial charge in [-0.2, -0.15) is 11.3 Å². The van der Waals surface area contributed by atoms with Gasteiger partial charge < -0.3 is 15.1 Å². The van der Waals surface area contributed by atoms with Gasteiger partial charge in [0.1, 0.15) is 0 Å². The van der Waals surface area contributed by atoms with E-state index >= 15 is 0 Å². The molecular formula is C18H30IN5OS. The van der Waals surface area contributed by atoms with Crippen LogP contribution in [-0.4, -0.2) is 78.9 Å². The lowest BCUT2D eigenvalue weighted by Crippen LogP contribution is -2.57. The molecular weight excluding hydrogens is 461 g/mol. The molecule has 1 atom stereocenters. The molecule has 0 aromatic carbocycles. The number of carbonyl (C=O) groups is 1. The van der Waals surface area contributed by atoms with E-state index in [0.29, 0.717) is 5.91 Å². The molecule has 0 aliphatic carbocycles. The van der Waals surface area contributed by atoms with E-state index in [1.54, 1.807) is 11.3 Å². The lowest BCUT2D eigenvalue weighted by atomic mass is 10.2. The minimum absolute atomic E-state index is 0. The fourth-order valence-electron chi connectivity index (χ4n) is 3.59. The molecule has 8 heteroatoms. The number of hydrogen-bond acceptors (Lipinski definition) is 4. The highest BCUT2D eigenvalue weighted by Gasteiger charge is 2.30. The third kappa shape index (κ3) is 5.32. The highest BCUT2D eigenvalue weighted by Crippen LogP contribution is 2.14. The standard InChI is InChI=1S/C18H29N5OS.HI/c1-15(17(24)22-6-3-4-7-22)21-8-10-23(11-9-21)18(19-2)20-13-16-5-12-25-14-16;/h5,12,14-15H,3-4,6-11,13H2,1-2H3,(H,19,20);1H. The summed E-state index contributed by atoms with van der Waals surface area (Å²) in [5.41, 5.74) is 1.29. The molecule has 26 heavy (non-hydrogen) atoms. The molecule has 1 aromatic heterocycles. The highest BCUT2D eigenvalue weighted by atomic mass is 127. The molecule has 2 fully saturated rings. The Bertz CT molecular complexity index is 580. The van der Waals surface area contributed by atoms with Crippen LogP contribution in [0.25, 0.3) is 0 Å². The summed E-state index contributed by atoms with van der Waals surface area (Å²) in [6.07, 6.45) is 2.30. The van der Waals surface area contributed by atoms with E-state index < -0.39 is 0 Å². The van der Waals surface area contributed by atoms with Gasteiger partial charge in [0.2, 0.25) is 5.91 Å². The Hall–Kier alpha value is -0.870. The molecule has 1 aromatic rings. The predicted molar refractivity (Wildman–Crippen MR) is 118 cm³/mol. The summed E-state index contributed by atoms with van der Waals surface area (Å²) in [5, 5.41) is 7.69. The highest BCUT2D eigenvalue weighted by molar-refractivity contribution is 14.0. The SMILES string of the molecule is CN=C(NCc1ccsc1)N1CCN(C(C)C(=O)N2CCCC2)CC1.I. The molecule has 1 N–H and O–H groups in total. The van der Waals surface area contributed by atoms with Crippen molar-refractivity contribution >= 4 is 47.2 Å². The molecule has 0 bridgehead atoms. The number of carbonyl (C=O) groups excluding carboxylic acids is 1. The Balaban J connectivity index is 0.00000243. The number of amides is 1. The van der Waals surface area contributed by atoms with Gasteiger partial charge in [-0.15, -0.1) is 24.0 Å². The average molecular weight is 491 g/mol. The van der Waals surface area contributed by atoms with Crippen molar-refractivity contribution in [2.24, 2.45) is 4.99 Å². The van der Waals surface area contributed by atoms with E-state index in [9.17, 15) is 4.79 Å². The number of nitrogens with zero attached hydrogens (tertiary/aromatic N) is 4. The van der Waals surface area contributed by atoms with Crippen molar-refractivity contribution < 1.29 is 4.79 Å². The fourth-order valence-corrected chi connectivity index (χ4v) is 4.25. The number of hydrogen-bond donors (Lipinski definition) is 1. The number of halogens is 1. The van der Waals surface area contributed by atoms with Crippen LogP contribution in [0.2, 0.25) is 0 Å². The van der Waals surface area contributed by atoms with Crippen molar-refractivity contribution in [3.05, 3.63) is 22.4 Å². The summed E-state index contributed by atoms with van der Waals surface area (Å²) in [6.45, 7) is 8.34. The number of rotatable bonds is 4. The first-order valence-electron chi connectivity index (χ1n) is 9.18. The Morgan fingerprint density at radius 2 is 1.88 bits per heavy atom. The van der Waals surface area contributed by atoms with Crippen molar-refractivity contribution in [3.8, 4) is 0 Å². The number of likely N-dealkylation sites (tertiary alicyclic amines) is 1. The molecule has 0 radical (unpaired) electrons. The molecule has 2 aliphatic heterocycles. The summed E-state index contributed by atoms with van der Waals surface area (Å²) < 4.78 is 0. The third-order valence-electron chi connectivity index (χ3n) is 5.18. The number of piperazine rings is 1. The minimum atomic E-state index is -0.0129. The lowest BCUT2D eigenvalue weighted by molar-refractivity contribution is -0.135. The van der Waals surface area contributed by atoms with E-state index in [4.69, 9.17) is 0 Å². The molecule has 0 spiro atoms. The Morgan fingerprint density at radius 1 is 1.19 bits per heavy atom. The number of thiophene rings is 1. The fraction of sp³-hybridized carbons (Fsp3) is 0.667. The maximum Gasteiger partial charge on any atom is 0.239 e. The van der Waals surface area contributed by atoms with Gasteiger partial charge in [-0.05, 0) is 42.2 Å². The average Bonchev–Trinajstić information content (AvgIpc) is 3.35. The first-order valence-corrected chi connectivity index (χ1v) is 10.1. The minimum Gasteiger partial charge on any atom is -0.352 e. The molecule has 1 amide bonds. The predicted octanol–water partition coefficient (Wildman–Crippen LogP) is 2.07. The lowest BCUT2D eigenvalue weighted by Gasteiger charge is -2.39. The van der Waals surface area contributed by atoms with E-state index in [1.165, 1.54) is 5.56 Å². The van der Waals surface area contributed by atoms with Crippen LogP contribution in [0.15, 0.2) is 21.8 Å². The third-order valence-corrected chi connectivity index (χ3v) is 5.91. The summed E-state index contributed by atoms with van der Waals surface area (Å²) >= 11 is 1.71. The van der Waals surface area contributed by atoms with Gasteiger partial charge in [0.15, 0.2) is 5.96 Å². The molecule has 6 nitrogen and oxygen atoms in total. The zero-order valence-electron chi connectivity index (χ0n) is 15.7. The van der Waals surface area contributed by atoms with Crippen LogP contribution >= 0.6 is 35.3 Å². The monoisotopic (exact) mass is 491 g/mol. The second kappa shape index (κ2) is 10.5. The Kier molecular flexibility index (Phi) is 8.62. The van der Waals surface area contributed by atoms with Gasteiger partial charge in [0, 0.05) is 52.9 Å². The number of nitrogens with one attached hydrogen (secondary N) is 1. The largest absolute Gasteiger partial charge is 0.352 e. The Labute approximate surface area is 177 Å². The second-order valence-corrected chi connectivity index (χ2v) is 7.54. The van der Waals surface area contributed by atoms with Crippen molar-refractivity contribution in [1.29, 1.82) is 0 Å². The van der Waals surface area contributed by atoms with Crippen molar-refractivity contribution in [3.63, 3.8) is 0 Å². The molecule has 3 heterocycles. The molecule has 1 unspecified atom stereocenters. The number of aliphatic imine (C=N–C) groups is 1. The molecule has 146 valence electrons. The van der Waals surface area contributed by atoms with E-state index in [0.717, 1.165) is 64.6 Å². The zero-order chi connectivity index (χ0) is 17.6. The van der Waals surface area contributed by atoms with E-state index in [1.807, 2.05) is 11.9 Å². The Morgan fingerprint density at radius 3 is 2.46 bits per heavy atom. The topological polar surface area (TPSA) is 51.2 Å². The summed E-state index contributed by atoms with van der Waals surface area (Å²) in [5.74, 6) is 1.25. The van der Waals surface area contributed by atoms with Gasteiger partial charge in [0.25, 0.3) is 0 Å². The molecule has 3 rings (SSSR count). The summed E-state index contributed by atoms with van der Waals surface area (Å²) in [7, 11) is 1.84. The maximum absolute atomic E-state index is 12.6. The van der Waals surface area contributed by atoms with Crippen LogP contribution in [0.4, 0.5) is 0 Å². The van der Waals surface area contributed by atoms with Crippen LogP contribution in [0.5, 0.6) is 0 Å². The van der Waals surface area contributed by atoms with Gasteiger partial charge in [-0.3, -0.25) is 14.7 Å². The van der Waals surface area contributed by atoms with Gasteiger partial charge in [-0.1, -0.05) is 0 Å². The first-order chi connectivity index (χ1) is 12.2. The summed E-state index contributed by atoms with van der Waals surface area (Å²) in [6, 6.07) is 2.12. The van der Waals surface area contributed by atoms with Gasteiger partial charge in [0.05, 0.1) is 6.04 Å². The van der Waals surface area contributed by atoms with Crippen LogP contribution in [0, 0.1) is 0 Å². The van der Waals surface area contributed by atoms with Crippen molar-refractivity contribution in [1.82, 2.24) is 20.0 Å². The molecule has 2 saturated heterocycles. The number of guanidine groups is 1. The van der Waals surface area contributed by atoms with Crippen molar-refractivity contribution in [2.75, 3.05) is 46.3 Å². The van der Waals surface area contributed by atoms with E-state index in [2.05, 4.69) is 43.9 Å². The van der Waals surface area contributed by atoms with Crippen LogP contribution < -0.4 is 5.32 Å².